The Kier molecular flexibility index (Phi) is 5.25. The zero-order chi connectivity index (χ0) is 17.4. The highest BCUT2D eigenvalue weighted by atomic mass is 32.2. The van der Waals surface area contributed by atoms with Crippen LogP contribution in [0.25, 0.3) is 0 Å². The Morgan fingerprint density at radius 1 is 1.43 bits per heavy atom. The summed E-state index contributed by atoms with van der Waals surface area (Å²) in [6, 6.07) is -1.62. The number of nitrogens with zero attached hydrogens (tertiary/aromatic N) is 1. The van der Waals surface area contributed by atoms with E-state index in [1.807, 2.05) is 13.8 Å². The number of likely N-dealkylation sites (N-methyl/N-ethyl adjacent to an activating group) is 1. The topological polar surface area (TPSA) is 105 Å². The minimum atomic E-state index is -0.633. The van der Waals surface area contributed by atoms with Crippen molar-refractivity contribution in [3.05, 3.63) is 0 Å². The number of thioether (sulfide) groups is 1. The monoisotopic (exact) mass is 342 g/mol. The second-order valence-corrected chi connectivity index (χ2v) is 8.21. The van der Waals surface area contributed by atoms with E-state index in [-0.39, 0.29) is 28.6 Å². The standard InChI is InChI=1S/C15H26N4O3S/c1-8(17-4)13(21)18-9-5-6-23-10-7-15(2,3)11(12(16)20)19(10)14(9)22/h8-11,17H,5-7H2,1-4H3,(H2,16,20)(H,18,21)/t8-,9-,10+,11+/m0/s1. The Balaban J connectivity index is 2.23. The number of primary amides is 1. The van der Waals surface area contributed by atoms with Crippen LogP contribution in [-0.2, 0) is 14.4 Å². The van der Waals surface area contributed by atoms with Crippen molar-refractivity contribution in [3.8, 4) is 0 Å². The number of hydrogen-bond donors (Lipinski definition) is 3. The number of carbonyl (C=O) groups excluding carboxylic acids is 3. The highest BCUT2D eigenvalue weighted by Gasteiger charge is 2.53. The fourth-order valence-electron chi connectivity index (χ4n) is 3.32. The van der Waals surface area contributed by atoms with Crippen LogP contribution in [0, 0.1) is 5.41 Å². The largest absolute Gasteiger partial charge is 0.368 e. The number of amides is 3. The maximum absolute atomic E-state index is 12.9. The Labute approximate surface area is 141 Å². The van der Waals surface area contributed by atoms with Crippen LogP contribution in [-0.4, -0.2) is 58.9 Å². The van der Waals surface area contributed by atoms with Crippen LogP contribution in [0.2, 0.25) is 0 Å². The lowest BCUT2D eigenvalue weighted by Gasteiger charge is -2.32. The molecule has 0 aliphatic carbocycles. The van der Waals surface area contributed by atoms with Crippen molar-refractivity contribution in [2.24, 2.45) is 11.1 Å². The number of carbonyl (C=O) groups is 3. The molecule has 0 spiro atoms. The quantitative estimate of drug-likeness (QED) is 0.648. The summed E-state index contributed by atoms with van der Waals surface area (Å²) in [5, 5.41) is 5.60. The first kappa shape index (κ1) is 18.1. The fraction of sp³-hybridized carbons (Fsp3) is 0.800. The Morgan fingerprint density at radius 2 is 2.09 bits per heavy atom. The van der Waals surface area contributed by atoms with Crippen LogP contribution >= 0.6 is 11.8 Å². The van der Waals surface area contributed by atoms with E-state index >= 15 is 0 Å². The van der Waals surface area contributed by atoms with Crippen LogP contribution in [0.5, 0.6) is 0 Å². The minimum Gasteiger partial charge on any atom is -0.368 e. The summed E-state index contributed by atoms with van der Waals surface area (Å²) >= 11 is 1.66. The van der Waals surface area contributed by atoms with E-state index in [0.717, 1.165) is 12.2 Å². The summed E-state index contributed by atoms with van der Waals surface area (Å²) < 4.78 is 0. The summed E-state index contributed by atoms with van der Waals surface area (Å²) in [6.07, 6.45) is 1.29. The average Bonchev–Trinajstić information content (AvgIpc) is 2.66. The van der Waals surface area contributed by atoms with Gasteiger partial charge in [0.25, 0.3) is 0 Å². The average molecular weight is 342 g/mol. The van der Waals surface area contributed by atoms with Gasteiger partial charge in [-0.05, 0) is 38.0 Å². The van der Waals surface area contributed by atoms with Gasteiger partial charge >= 0.3 is 0 Å². The first-order valence-electron chi connectivity index (χ1n) is 7.89. The van der Waals surface area contributed by atoms with Crippen molar-refractivity contribution in [2.75, 3.05) is 12.8 Å². The molecular weight excluding hydrogens is 316 g/mol. The summed E-state index contributed by atoms with van der Waals surface area (Å²) in [6.45, 7) is 5.66. The molecule has 7 nitrogen and oxygen atoms in total. The van der Waals surface area contributed by atoms with Gasteiger partial charge in [-0.3, -0.25) is 14.4 Å². The van der Waals surface area contributed by atoms with Gasteiger partial charge in [-0.1, -0.05) is 13.8 Å². The van der Waals surface area contributed by atoms with Gasteiger partial charge in [0.15, 0.2) is 0 Å². The van der Waals surface area contributed by atoms with E-state index in [9.17, 15) is 14.4 Å². The first-order chi connectivity index (χ1) is 10.7. The van der Waals surface area contributed by atoms with Gasteiger partial charge in [-0.25, -0.2) is 0 Å². The van der Waals surface area contributed by atoms with Crippen molar-refractivity contribution in [3.63, 3.8) is 0 Å². The third-order valence-electron chi connectivity index (χ3n) is 4.71. The molecule has 2 aliphatic rings. The van der Waals surface area contributed by atoms with Gasteiger partial charge in [0.05, 0.1) is 11.4 Å². The molecule has 8 heteroatoms. The smallest absolute Gasteiger partial charge is 0.246 e. The molecule has 4 N–H and O–H groups in total. The molecule has 0 aromatic heterocycles. The molecule has 2 aliphatic heterocycles. The van der Waals surface area contributed by atoms with Gasteiger partial charge in [-0.2, -0.15) is 0 Å². The summed E-state index contributed by atoms with van der Waals surface area (Å²) in [4.78, 5) is 38.6. The minimum absolute atomic E-state index is 0.0568. The number of hydrogen-bond acceptors (Lipinski definition) is 5. The molecule has 0 aromatic carbocycles. The van der Waals surface area contributed by atoms with E-state index in [4.69, 9.17) is 5.73 Å². The summed E-state index contributed by atoms with van der Waals surface area (Å²) in [7, 11) is 1.69. The van der Waals surface area contributed by atoms with Crippen molar-refractivity contribution < 1.29 is 14.4 Å². The molecule has 0 saturated carbocycles. The predicted octanol–water partition coefficient (Wildman–Crippen LogP) is -0.345. The van der Waals surface area contributed by atoms with Gasteiger partial charge in [0.1, 0.15) is 12.1 Å². The number of nitrogens with one attached hydrogen (secondary N) is 2. The van der Waals surface area contributed by atoms with Crippen LogP contribution < -0.4 is 16.4 Å². The molecule has 2 saturated heterocycles. The zero-order valence-electron chi connectivity index (χ0n) is 14.1. The van der Waals surface area contributed by atoms with Crippen LogP contribution in [0.4, 0.5) is 0 Å². The number of rotatable bonds is 4. The van der Waals surface area contributed by atoms with Crippen molar-refractivity contribution in [2.45, 2.75) is 57.1 Å². The fourth-order valence-corrected chi connectivity index (χ4v) is 4.90. The molecule has 2 fully saturated rings. The van der Waals surface area contributed by atoms with Gasteiger partial charge in [0.2, 0.25) is 17.7 Å². The molecule has 2 heterocycles. The molecule has 130 valence electrons. The van der Waals surface area contributed by atoms with E-state index in [2.05, 4.69) is 10.6 Å². The second-order valence-electron chi connectivity index (χ2n) is 6.93. The van der Waals surface area contributed by atoms with Crippen molar-refractivity contribution in [1.29, 1.82) is 0 Å². The molecule has 23 heavy (non-hydrogen) atoms. The van der Waals surface area contributed by atoms with E-state index < -0.39 is 18.0 Å². The van der Waals surface area contributed by atoms with E-state index in [1.165, 1.54) is 0 Å². The SMILES string of the molecule is CN[C@@H](C)C(=O)N[C@H]1CCS[C@@H]2CC(C)(C)[C@@H](C(N)=O)N2C1=O. The Morgan fingerprint density at radius 3 is 2.65 bits per heavy atom. The molecule has 0 bridgehead atoms. The molecule has 0 radical (unpaired) electrons. The lowest BCUT2D eigenvalue weighted by molar-refractivity contribution is -0.142. The van der Waals surface area contributed by atoms with Gasteiger partial charge < -0.3 is 21.3 Å². The molecule has 3 amide bonds. The number of fused-ring (bicyclic) bond motifs is 1. The number of nitrogens with two attached hydrogens (primary N) is 1. The third kappa shape index (κ3) is 3.47. The van der Waals surface area contributed by atoms with E-state index in [1.54, 1.807) is 30.6 Å². The lowest BCUT2D eigenvalue weighted by atomic mass is 9.84. The van der Waals surface area contributed by atoms with Crippen LogP contribution in [0.1, 0.15) is 33.6 Å². The van der Waals surface area contributed by atoms with Crippen LogP contribution in [0.15, 0.2) is 0 Å². The third-order valence-corrected chi connectivity index (χ3v) is 5.96. The molecule has 0 unspecified atom stereocenters. The highest BCUT2D eigenvalue weighted by Crippen LogP contribution is 2.45. The Bertz CT molecular complexity index is 511. The van der Waals surface area contributed by atoms with Crippen molar-refractivity contribution >= 4 is 29.5 Å². The maximum Gasteiger partial charge on any atom is 0.246 e. The molecular formula is C15H26N4O3S. The molecule has 0 aromatic rings. The summed E-state index contributed by atoms with van der Waals surface area (Å²) in [5.74, 6) is -0.149. The van der Waals surface area contributed by atoms with Gasteiger partial charge in [-0.15, -0.1) is 11.8 Å². The maximum atomic E-state index is 12.9. The molecule has 2 rings (SSSR count). The highest BCUT2D eigenvalue weighted by molar-refractivity contribution is 7.99. The van der Waals surface area contributed by atoms with Crippen LogP contribution in [0.3, 0.4) is 0 Å². The zero-order valence-corrected chi connectivity index (χ0v) is 14.9. The van der Waals surface area contributed by atoms with Gasteiger partial charge in [0, 0.05) is 0 Å². The predicted molar refractivity (Wildman–Crippen MR) is 89.5 cm³/mol. The van der Waals surface area contributed by atoms with E-state index in [0.29, 0.717) is 6.42 Å². The molecule has 4 atom stereocenters. The first-order valence-corrected chi connectivity index (χ1v) is 8.94. The lowest BCUT2D eigenvalue weighted by Crippen LogP contribution is -2.57. The second kappa shape index (κ2) is 6.68. The normalized spacial score (nSPS) is 31.2. The Hall–Kier alpha value is -1.28. The summed E-state index contributed by atoms with van der Waals surface area (Å²) in [5.41, 5.74) is 5.21. The van der Waals surface area contributed by atoms with Crippen molar-refractivity contribution in [1.82, 2.24) is 15.5 Å².